The lowest BCUT2D eigenvalue weighted by Gasteiger charge is -2.09. The summed E-state index contributed by atoms with van der Waals surface area (Å²) < 4.78 is 0. The Kier molecular flexibility index (Phi) is 5.52. The highest BCUT2D eigenvalue weighted by atomic mass is 16.3. The fraction of sp³-hybridized carbons (Fsp3) is 0.278. The summed E-state index contributed by atoms with van der Waals surface area (Å²) >= 11 is 0. The monoisotopic (exact) mass is 283 g/mol. The normalized spacial score (nSPS) is 10.4. The van der Waals surface area contributed by atoms with Gasteiger partial charge in [-0.2, -0.15) is 0 Å². The number of aliphatic hydroxyl groups is 1. The molecule has 0 heterocycles. The first kappa shape index (κ1) is 15.3. The van der Waals surface area contributed by atoms with Gasteiger partial charge in [-0.3, -0.25) is 4.79 Å². The Balaban J connectivity index is 1.89. The van der Waals surface area contributed by atoms with E-state index in [9.17, 15) is 9.90 Å². The Labute approximate surface area is 125 Å². The van der Waals surface area contributed by atoms with Gasteiger partial charge in [-0.25, -0.2) is 0 Å². The Morgan fingerprint density at radius 1 is 1.00 bits per heavy atom. The van der Waals surface area contributed by atoms with E-state index in [4.69, 9.17) is 0 Å². The van der Waals surface area contributed by atoms with Crippen LogP contribution >= 0.6 is 0 Å². The summed E-state index contributed by atoms with van der Waals surface area (Å²) in [6.07, 6.45) is 1.38. The van der Waals surface area contributed by atoms with Crippen molar-refractivity contribution in [2.24, 2.45) is 0 Å². The van der Waals surface area contributed by atoms with Crippen molar-refractivity contribution in [2.45, 2.75) is 32.9 Å². The first-order valence-electron chi connectivity index (χ1n) is 7.25. The van der Waals surface area contributed by atoms with Gasteiger partial charge in [0, 0.05) is 6.54 Å². The van der Waals surface area contributed by atoms with Crippen LogP contribution in [0.25, 0.3) is 0 Å². The molecule has 3 nitrogen and oxygen atoms in total. The topological polar surface area (TPSA) is 49.3 Å². The van der Waals surface area contributed by atoms with Crippen molar-refractivity contribution < 1.29 is 9.90 Å². The van der Waals surface area contributed by atoms with Gasteiger partial charge in [0.05, 0.1) is 13.0 Å². The zero-order valence-electron chi connectivity index (χ0n) is 12.3. The second-order valence-electron chi connectivity index (χ2n) is 5.05. The molecule has 0 fully saturated rings. The Morgan fingerprint density at radius 2 is 1.62 bits per heavy atom. The third-order valence-electron chi connectivity index (χ3n) is 3.56. The molecule has 1 amide bonds. The maximum absolute atomic E-state index is 12.0. The summed E-state index contributed by atoms with van der Waals surface area (Å²) in [5.74, 6) is -0.00742. The molecule has 3 heteroatoms. The number of amides is 1. The predicted octanol–water partition coefficient (Wildman–Crippen LogP) is 2.60. The number of carbonyl (C=O) groups excluding carboxylic acids is 1. The average molecular weight is 283 g/mol. The second-order valence-corrected chi connectivity index (χ2v) is 5.05. The number of carbonyl (C=O) groups is 1. The van der Waals surface area contributed by atoms with Crippen LogP contribution in [0, 0.1) is 0 Å². The van der Waals surface area contributed by atoms with Crippen molar-refractivity contribution in [3.63, 3.8) is 0 Å². The minimum absolute atomic E-state index is 0.00742. The van der Waals surface area contributed by atoms with Gasteiger partial charge in [0.25, 0.3) is 0 Å². The number of benzene rings is 2. The van der Waals surface area contributed by atoms with Gasteiger partial charge in [-0.1, -0.05) is 55.5 Å². The lowest BCUT2D eigenvalue weighted by Crippen LogP contribution is -2.25. The zero-order chi connectivity index (χ0) is 15.1. The molecule has 0 bridgehead atoms. The Hall–Kier alpha value is -2.13. The van der Waals surface area contributed by atoms with E-state index in [2.05, 4.69) is 24.4 Å². The molecule has 0 aliphatic heterocycles. The molecule has 0 radical (unpaired) electrons. The van der Waals surface area contributed by atoms with Crippen molar-refractivity contribution in [1.29, 1.82) is 0 Å². The van der Waals surface area contributed by atoms with E-state index in [0.29, 0.717) is 13.0 Å². The van der Waals surface area contributed by atoms with Crippen LogP contribution in [0.2, 0.25) is 0 Å². The smallest absolute Gasteiger partial charge is 0.224 e. The van der Waals surface area contributed by atoms with Gasteiger partial charge < -0.3 is 10.4 Å². The third kappa shape index (κ3) is 4.43. The molecule has 110 valence electrons. The van der Waals surface area contributed by atoms with Crippen molar-refractivity contribution in [1.82, 2.24) is 5.32 Å². The van der Waals surface area contributed by atoms with Gasteiger partial charge in [-0.05, 0) is 28.7 Å². The molecule has 0 saturated carbocycles. The van der Waals surface area contributed by atoms with Gasteiger partial charge >= 0.3 is 0 Å². The highest BCUT2D eigenvalue weighted by Gasteiger charge is 2.05. The number of aliphatic hydroxyl groups excluding tert-OH is 1. The summed E-state index contributed by atoms with van der Waals surface area (Å²) in [5.41, 5.74) is 4.09. The molecule has 21 heavy (non-hydrogen) atoms. The molecular formula is C18H21NO2. The van der Waals surface area contributed by atoms with E-state index in [1.54, 1.807) is 0 Å². The van der Waals surface area contributed by atoms with Crippen LogP contribution in [-0.4, -0.2) is 11.0 Å². The summed E-state index contributed by atoms with van der Waals surface area (Å²) in [4.78, 5) is 12.0. The number of hydrogen-bond acceptors (Lipinski definition) is 2. The molecule has 2 aromatic carbocycles. The van der Waals surface area contributed by atoms with Gasteiger partial charge in [0.15, 0.2) is 0 Å². The summed E-state index contributed by atoms with van der Waals surface area (Å²) in [7, 11) is 0. The third-order valence-corrected chi connectivity index (χ3v) is 3.56. The number of nitrogens with one attached hydrogen (secondary N) is 1. The molecule has 2 aromatic rings. The first-order chi connectivity index (χ1) is 10.2. The SMILES string of the molecule is CCc1ccc(CC(=O)NCc2ccccc2CO)cc1. The van der Waals surface area contributed by atoms with Crippen molar-refractivity contribution in [3.8, 4) is 0 Å². The Bertz CT molecular complexity index is 590. The van der Waals surface area contributed by atoms with Crippen molar-refractivity contribution in [3.05, 3.63) is 70.8 Å². The standard InChI is InChI=1S/C18H21NO2/c1-2-14-7-9-15(10-8-14)11-18(21)19-12-16-5-3-4-6-17(16)13-20/h3-10,20H,2,11-13H2,1H3,(H,19,21). The van der Waals surface area contributed by atoms with Gasteiger partial charge in [-0.15, -0.1) is 0 Å². The van der Waals surface area contributed by atoms with Crippen LogP contribution in [0.4, 0.5) is 0 Å². The summed E-state index contributed by atoms with van der Waals surface area (Å²) in [6, 6.07) is 15.7. The van der Waals surface area contributed by atoms with Crippen LogP contribution in [-0.2, 0) is 30.8 Å². The lowest BCUT2D eigenvalue weighted by molar-refractivity contribution is -0.120. The maximum Gasteiger partial charge on any atom is 0.224 e. The lowest BCUT2D eigenvalue weighted by atomic mass is 10.1. The van der Waals surface area contributed by atoms with Crippen LogP contribution in [0.15, 0.2) is 48.5 Å². The molecule has 0 aliphatic rings. The fourth-order valence-electron chi connectivity index (χ4n) is 2.22. The van der Waals surface area contributed by atoms with E-state index in [1.807, 2.05) is 36.4 Å². The zero-order valence-corrected chi connectivity index (χ0v) is 12.3. The van der Waals surface area contributed by atoms with Crippen LogP contribution in [0.5, 0.6) is 0 Å². The summed E-state index contributed by atoms with van der Waals surface area (Å²) in [5, 5.41) is 12.2. The van der Waals surface area contributed by atoms with E-state index in [-0.39, 0.29) is 12.5 Å². The largest absolute Gasteiger partial charge is 0.392 e. The predicted molar refractivity (Wildman–Crippen MR) is 83.7 cm³/mol. The molecule has 0 aliphatic carbocycles. The number of hydrogen-bond donors (Lipinski definition) is 2. The Morgan fingerprint density at radius 3 is 2.24 bits per heavy atom. The second kappa shape index (κ2) is 7.60. The molecule has 0 saturated heterocycles. The maximum atomic E-state index is 12.0. The van der Waals surface area contributed by atoms with Gasteiger partial charge in [0.2, 0.25) is 5.91 Å². The van der Waals surface area contributed by atoms with E-state index in [1.165, 1.54) is 5.56 Å². The minimum Gasteiger partial charge on any atom is -0.392 e. The van der Waals surface area contributed by atoms with Crippen LogP contribution < -0.4 is 5.32 Å². The average Bonchev–Trinajstić information content (AvgIpc) is 2.54. The molecule has 2 N–H and O–H groups in total. The molecular weight excluding hydrogens is 262 g/mol. The molecule has 0 aromatic heterocycles. The quantitative estimate of drug-likeness (QED) is 0.856. The minimum atomic E-state index is -0.00940. The van der Waals surface area contributed by atoms with E-state index >= 15 is 0 Å². The molecule has 0 unspecified atom stereocenters. The van der Waals surface area contributed by atoms with Gasteiger partial charge in [0.1, 0.15) is 0 Å². The van der Waals surface area contributed by atoms with Crippen molar-refractivity contribution >= 4 is 5.91 Å². The van der Waals surface area contributed by atoms with E-state index in [0.717, 1.165) is 23.1 Å². The van der Waals surface area contributed by atoms with E-state index < -0.39 is 0 Å². The van der Waals surface area contributed by atoms with Crippen LogP contribution in [0.3, 0.4) is 0 Å². The highest BCUT2D eigenvalue weighted by Crippen LogP contribution is 2.09. The van der Waals surface area contributed by atoms with Crippen LogP contribution in [0.1, 0.15) is 29.2 Å². The first-order valence-corrected chi connectivity index (χ1v) is 7.25. The molecule has 0 spiro atoms. The van der Waals surface area contributed by atoms with Crippen molar-refractivity contribution in [2.75, 3.05) is 0 Å². The highest BCUT2D eigenvalue weighted by molar-refractivity contribution is 5.78. The molecule has 0 atom stereocenters. The fourth-order valence-corrected chi connectivity index (χ4v) is 2.22. The molecule has 2 rings (SSSR count). The summed E-state index contributed by atoms with van der Waals surface area (Å²) in [6.45, 7) is 2.55. The number of rotatable bonds is 6. The number of aryl methyl sites for hydroxylation is 1.